The Hall–Kier alpha value is -1.23. The molecule has 16 heavy (non-hydrogen) atoms. The molecule has 1 aromatic rings. The van der Waals surface area contributed by atoms with Crippen molar-refractivity contribution < 1.29 is 17.9 Å². The van der Waals surface area contributed by atoms with Crippen LogP contribution in [0, 0.1) is 0 Å². The van der Waals surface area contributed by atoms with Crippen molar-refractivity contribution in [3.05, 3.63) is 29.3 Å². The number of halogens is 3. The van der Waals surface area contributed by atoms with Gasteiger partial charge < -0.3 is 10.1 Å². The van der Waals surface area contributed by atoms with E-state index in [0.717, 1.165) is 24.2 Å². The summed E-state index contributed by atoms with van der Waals surface area (Å²) < 4.78 is 42.2. The minimum Gasteiger partial charge on any atom is -0.496 e. The van der Waals surface area contributed by atoms with Crippen LogP contribution < -0.4 is 10.1 Å². The first-order chi connectivity index (χ1) is 7.49. The molecule has 0 saturated heterocycles. The van der Waals surface area contributed by atoms with Crippen molar-refractivity contribution in [2.75, 3.05) is 13.7 Å². The van der Waals surface area contributed by atoms with Crippen molar-refractivity contribution in [2.24, 2.45) is 0 Å². The van der Waals surface area contributed by atoms with Gasteiger partial charge in [0.05, 0.1) is 12.7 Å². The van der Waals surface area contributed by atoms with Gasteiger partial charge in [0.25, 0.3) is 0 Å². The lowest BCUT2D eigenvalue weighted by atomic mass is 10.1. The molecule has 0 unspecified atom stereocenters. The highest BCUT2D eigenvalue weighted by Crippen LogP contribution is 2.32. The molecule has 0 radical (unpaired) electrons. The maximum atomic E-state index is 12.4. The Kier molecular flexibility index (Phi) is 4.18. The Bertz CT molecular complexity index is 350. The minimum atomic E-state index is -4.33. The van der Waals surface area contributed by atoms with E-state index in [1.165, 1.54) is 13.2 Å². The van der Waals surface area contributed by atoms with Crippen LogP contribution >= 0.6 is 0 Å². The van der Waals surface area contributed by atoms with E-state index >= 15 is 0 Å². The van der Waals surface area contributed by atoms with Crippen LogP contribution in [0.4, 0.5) is 13.2 Å². The highest BCUT2D eigenvalue weighted by molar-refractivity contribution is 5.38. The van der Waals surface area contributed by atoms with Crippen LogP contribution in [0.3, 0.4) is 0 Å². The minimum absolute atomic E-state index is 0.260. The second-order valence-electron chi connectivity index (χ2n) is 3.30. The molecule has 0 bridgehead atoms. The average molecular weight is 233 g/mol. The highest BCUT2D eigenvalue weighted by Gasteiger charge is 2.31. The predicted molar refractivity (Wildman–Crippen MR) is 55.4 cm³/mol. The van der Waals surface area contributed by atoms with Crippen molar-refractivity contribution >= 4 is 0 Å². The number of hydrogen-bond donors (Lipinski definition) is 1. The Labute approximate surface area is 92.4 Å². The van der Waals surface area contributed by atoms with Crippen LogP contribution in [0.15, 0.2) is 18.2 Å². The summed E-state index contributed by atoms with van der Waals surface area (Å²) in [5.41, 5.74) is 0.0296. The zero-order valence-corrected chi connectivity index (χ0v) is 9.19. The van der Waals surface area contributed by atoms with E-state index in [-0.39, 0.29) is 5.75 Å². The van der Waals surface area contributed by atoms with Gasteiger partial charge in [0.1, 0.15) is 5.75 Å². The molecule has 0 aromatic heterocycles. The molecule has 1 rings (SSSR count). The fourth-order valence-corrected chi connectivity index (χ4v) is 1.33. The Balaban J connectivity index is 2.97. The quantitative estimate of drug-likeness (QED) is 0.863. The molecule has 0 amide bonds. The van der Waals surface area contributed by atoms with E-state index in [0.29, 0.717) is 6.54 Å². The van der Waals surface area contributed by atoms with Crippen LogP contribution in [0.5, 0.6) is 5.75 Å². The molecule has 90 valence electrons. The fourth-order valence-electron chi connectivity index (χ4n) is 1.33. The largest absolute Gasteiger partial charge is 0.496 e. The van der Waals surface area contributed by atoms with Gasteiger partial charge in [0.2, 0.25) is 0 Å². The van der Waals surface area contributed by atoms with Crippen LogP contribution in [0.1, 0.15) is 18.1 Å². The number of rotatable bonds is 4. The molecule has 0 heterocycles. The van der Waals surface area contributed by atoms with Crippen molar-refractivity contribution in [1.82, 2.24) is 5.32 Å². The number of hydrogen-bond acceptors (Lipinski definition) is 2. The van der Waals surface area contributed by atoms with Crippen molar-refractivity contribution in [2.45, 2.75) is 19.6 Å². The SMILES string of the molecule is CCNCc1ccc(C(F)(F)F)cc1OC. The highest BCUT2D eigenvalue weighted by atomic mass is 19.4. The van der Waals surface area contributed by atoms with Gasteiger partial charge in [-0.1, -0.05) is 13.0 Å². The lowest BCUT2D eigenvalue weighted by molar-refractivity contribution is -0.137. The zero-order chi connectivity index (χ0) is 12.2. The van der Waals surface area contributed by atoms with E-state index in [9.17, 15) is 13.2 Å². The maximum absolute atomic E-state index is 12.4. The van der Waals surface area contributed by atoms with Gasteiger partial charge in [-0.3, -0.25) is 0 Å². The number of nitrogens with one attached hydrogen (secondary N) is 1. The third-order valence-corrected chi connectivity index (χ3v) is 2.18. The van der Waals surface area contributed by atoms with Gasteiger partial charge in [-0.25, -0.2) is 0 Å². The normalized spacial score (nSPS) is 11.6. The summed E-state index contributed by atoms with van der Waals surface area (Å²) in [5, 5.41) is 3.04. The first-order valence-corrected chi connectivity index (χ1v) is 4.94. The molecule has 1 N–H and O–H groups in total. The molecule has 0 spiro atoms. The molecule has 1 aromatic carbocycles. The first kappa shape index (κ1) is 12.8. The molecule has 0 saturated carbocycles. The summed E-state index contributed by atoms with van der Waals surface area (Å²) in [4.78, 5) is 0. The standard InChI is InChI=1S/C11H14F3NO/c1-3-15-7-8-4-5-9(11(12,13)14)6-10(8)16-2/h4-6,15H,3,7H2,1-2H3. The third kappa shape index (κ3) is 3.13. The Morgan fingerprint density at radius 3 is 2.50 bits per heavy atom. The first-order valence-electron chi connectivity index (χ1n) is 4.94. The lowest BCUT2D eigenvalue weighted by Crippen LogP contribution is -2.13. The smallest absolute Gasteiger partial charge is 0.416 e. The summed E-state index contributed by atoms with van der Waals surface area (Å²) in [7, 11) is 1.37. The maximum Gasteiger partial charge on any atom is 0.416 e. The van der Waals surface area contributed by atoms with E-state index in [4.69, 9.17) is 4.74 Å². The molecule has 0 aliphatic rings. The summed E-state index contributed by atoms with van der Waals surface area (Å²) in [5.74, 6) is 0.260. The molecular weight excluding hydrogens is 219 g/mol. The number of alkyl halides is 3. The summed E-state index contributed by atoms with van der Waals surface area (Å²) in [6.07, 6.45) is -4.33. The van der Waals surface area contributed by atoms with Crippen LogP contribution in [0.25, 0.3) is 0 Å². The average Bonchev–Trinajstić information content (AvgIpc) is 2.24. The zero-order valence-electron chi connectivity index (χ0n) is 9.19. The molecular formula is C11H14F3NO. The van der Waals surface area contributed by atoms with Crippen LogP contribution in [0.2, 0.25) is 0 Å². The monoisotopic (exact) mass is 233 g/mol. The van der Waals surface area contributed by atoms with E-state index in [1.807, 2.05) is 6.92 Å². The van der Waals surface area contributed by atoms with Crippen molar-refractivity contribution in [3.8, 4) is 5.75 Å². The summed E-state index contributed by atoms with van der Waals surface area (Å²) >= 11 is 0. The Morgan fingerprint density at radius 2 is 2.00 bits per heavy atom. The fraction of sp³-hybridized carbons (Fsp3) is 0.455. The van der Waals surface area contributed by atoms with Gasteiger partial charge in [-0.15, -0.1) is 0 Å². The Morgan fingerprint density at radius 1 is 1.31 bits per heavy atom. The molecule has 5 heteroatoms. The second-order valence-corrected chi connectivity index (χ2v) is 3.30. The van der Waals surface area contributed by atoms with Crippen molar-refractivity contribution in [3.63, 3.8) is 0 Å². The molecule has 0 atom stereocenters. The van der Waals surface area contributed by atoms with Gasteiger partial charge in [0, 0.05) is 12.1 Å². The lowest BCUT2D eigenvalue weighted by Gasteiger charge is -2.12. The van der Waals surface area contributed by atoms with Crippen molar-refractivity contribution in [1.29, 1.82) is 0 Å². The third-order valence-electron chi connectivity index (χ3n) is 2.18. The van der Waals surface area contributed by atoms with Gasteiger partial charge in [0.15, 0.2) is 0 Å². The van der Waals surface area contributed by atoms with Gasteiger partial charge >= 0.3 is 6.18 Å². The predicted octanol–water partition coefficient (Wildman–Crippen LogP) is 2.82. The van der Waals surface area contributed by atoms with Crippen LogP contribution in [-0.4, -0.2) is 13.7 Å². The van der Waals surface area contributed by atoms with Crippen LogP contribution in [-0.2, 0) is 12.7 Å². The van der Waals surface area contributed by atoms with Gasteiger partial charge in [-0.2, -0.15) is 13.2 Å². The summed E-state index contributed by atoms with van der Waals surface area (Å²) in [6, 6.07) is 3.52. The topological polar surface area (TPSA) is 21.3 Å². The number of ether oxygens (including phenoxy) is 1. The van der Waals surface area contributed by atoms with E-state index in [2.05, 4.69) is 5.32 Å². The summed E-state index contributed by atoms with van der Waals surface area (Å²) in [6.45, 7) is 3.18. The second kappa shape index (κ2) is 5.21. The molecule has 2 nitrogen and oxygen atoms in total. The van der Waals surface area contributed by atoms with E-state index in [1.54, 1.807) is 0 Å². The molecule has 0 aliphatic carbocycles. The molecule has 0 fully saturated rings. The number of methoxy groups -OCH3 is 1. The van der Waals surface area contributed by atoms with Gasteiger partial charge in [-0.05, 0) is 18.7 Å². The molecule has 0 aliphatic heterocycles. The number of benzene rings is 1. The van der Waals surface area contributed by atoms with E-state index < -0.39 is 11.7 Å².